The molecule has 1 aliphatic rings. The van der Waals surface area contributed by atoms with Crippen molar-refractivity contribution >= 4 is 39.1 Å². The van der Waals surface area contributed by atoms with Crippen LogP contribution in [0.2, 0.25) is 5.02 Å². The van der Waals surface area contributed by atoms with E-state index >= 15 is 0 Å². The Balaban J connectivity index is 2.15. The topological polar surface area (TPSA) is 55.1 Å². The van der Waals surface area contributed by atoms with E-state index in [4.69, 9.17) is 17.3 Å². The van der Waals surface area contributed by atoms with Crippen molar-refractivity contribution in [1.82, 2.24) is 0 Å². The molecule has 5 heteroatoms. The Bertz CT molecular complexity index is 444. The van der Waals surface area contributed by atoms with Crippen LogP contribution in [0.5, 0.6) is 0 Å². The minimum Gasteiger partial charge on any atom is -0.323 e. The average molecular weight is 318 g/mol. The molecule has 0 aliphatic heterocycles. The number of carbonyl (C=O) groups is 1. The Labute approximate surface area is 114 Å². The predicted molar refractivity (Wildman–Crippen MR) is 73.2 cm³/mol. The molecule has 17 heavy (non-hydrogen) atoms. The number of rotatable bonds is 2. The molecule has 1 saturated carbocycles. The zero-order valence-corrected chi connectivity index (χ0v) is 11.6. The summed E-state index contributed by atoms with van der Waals surface area (Å²) in [6, 6.07) is 5.27. The molecule has 0 saturated heterocycles. The Morgan fingerprint density at radius 1 is 1.41 bits per heavy atom. The highest BCUT2D eigenvalue weighted by Gasteiger charge is 2.37. The molecule has 1 aliphatic carbocycles. The van der Waals surface area contributed by atoms with Gasteiger partial charge in [0.1, 0.15) is 0 Å². The van der Waals surface area contributed by atoms with Crippen LogP contribution in [0.15, 0.2) is 22.7 Å². The van der Waals surface area contributed by atoms with Crippen molar-refractivity contribution in [3.63, 3.8) is 0 Å². The molecule has 3 N–H and O–H groups in total. The second-order valence-electron chi connectivity index (χ2n) is 4.44. The monoisotopic (exact) mass is 316 g/mol. The molecule has 0 atom stereocenters. The lowest BCUT2D eigenvalue weighted by Gasteiger charge is -2.22. The van der Waals surface area contributed by atoms with Gasteiger partial charge in [-0.3, -0.25) is 4.79 Å². The van der Waals surface area contributed by atoms with Crippen LogP contribution in [0.25, 0.3) is 0 Å². The molecule has 0 bridgehead atoms. The van der Waals surface area contributed by atoms with Gasteiger partial charge in [0.05, 0.1) is 11.2 Å². The molecule has 1 aromatic carbocycles. The summed E-state index contributed by atoms with van der Waals surface area (Å²) >= 11 is 9.26. The van der Waals surface area contributed by atoms with Crippen LogP contribution in [0.1, 0.15) is 25.7 Å². The van der Waals surface area contributed by atoms with Gasteiger partial charge in [-0.2, -0.15) is 0 Å². The first-order valence-electron chi connectivity index (χ1n) is 5.57. The van der Waals surface area contributed by atoms with Crippen molar-refractivity contribution < 1.29 is 4.79 Å². The van der Waals surface area contributed by atoms with Crippen LogP contribution in [0, 0.1) is 0 Å². The van der Waals surface area contributed by atoms with E-state index in [1.165, 1.54) is 0 Å². The molecule has 0 unspecified atom stereocenters. The first-order chi connectivity index (χ1) is 8.01. The maximum atomic E-state index is 12.1. The van der Waals surface area contributed by atoms with E-state index in [2.05, 4.69) is 21.2 Å². The number of benzene rings is 1. The fourth-order valence-corrected chi connectivity index (χ4v) is 2.59. The molecule has 0 aromatic heterocycles. The van der Waals surface area contributed by atoms with Gasteiger partial charge in [0, 0.05) is 9.50 Å². The van der Waals surface area contributed by atoms with Gasteiger partial charge in [-0.05, 0) is 47.0 Å². The van der Waals surface area contributed by atoms with E-state index in [0.717, 1.165) is 30.2 Å². The lowest BCUT2D eigenvalue weighted by atomic mass is 9.98. The number of amides is 1. The molecule has 1 amide bonds. The third-order valence-corrected chi connectivity index (χ3v) is 4.05. The third kappa shape index (κ3) is 2.81. The quantitative estimate of drug-likeness (QED) is 0.879. The SMILES string of the molecule is NC1(C(=O)Nc2cc(Cl)ccc2Br)CCCC1. The van der Waals surface area contributed by atoms with E-state index in [-0.39, 0.29) is 5.91 Å². The van der Waals surface area contributed by atoms with E-state index in [1.54, 1.807) is 18.2 Å². The van der Waals surface area contributed by atoms with Crippen LogP contribution >= 0.6 is 27.5 Å². The minimum atomic E-state index is -0.720. The highest BCUT2D eigenvalue weighted by molar-refractivity contribution is 9.10. The number of halogens is 2. The fourth-order valence-electron chi connectivity index (χ4n) is 2.07. The van der Waals surface area contributed by atoms with Crippen LogP contribution in [0.3, 0.4) is 0 Å². The van der Waals surface area contributed by atoms with Crippen LogP contribution < -0.4 is 11.1 Å². The summed E-state index contributed by atoms with van der Waals surface area (Å²) in [5.74, 6) is -0.127. The molecule has 3 nitrogen and oxygen atoms in total. The maximum absolute atomic E-state index is 12.1. The van der Waals surface area contributed by atoms with Gasteiger partial charge in [-0.1, -0.05) is 24.4 Å². The minimum absolute atomic E-state index is 0.127. The molecule has 1 fully saturated rings. The Morgan fingerprint density at radius 3 is 2.71 bits per heavy atom. The lowest BCUT2D eigenvalue weighted by Crippen LogP contribution is -2.48. The van der Waals surface area contributed by atoms with Gasteiger partial charge in [-0.15, -0.1) is 0 Å². The number of hydrogen-bond donors (Lipinski definition) is 2. The molecule has 0 heterocycles. The summed E-state index contributed by atoms with van der Waals surface area (Å²) in [5.41, 5.74) is 6.02. The third-order valence-electron chi connectivity index (χ3n) is 3.12. The van der Waals surface area contributed by atoms with Crippen molar-refractivity contribution in [3.8, 4) is 0 Å². The van der Waals surface area contributed by atoms with Gasteiger partial charge < -0.3 is 11.1 Å². The standard InChI is InChI=1S/C12H14BrClN2O/c13-9-4-3-8(14)7-10(9)16-11(17)12(15)5-1-2-6-12/h3-4,7H,1-2,5-6,15H2,(H,16,17). The number of carbonyl (C=O) groups excluding carboxylic acids is 1. The van der Waals surface area contributed by atoms with Gasteiger partial charge in [0.15, 0.2) is 0 Å². The molecule has 0 spiro atoms. The Hall–Kier alpha value is -0.580. The van der Waals surface area contributed by atoms with E-state index < -0.39 is 5.54 Å². The molecule has 0 radical (unpaired) electrons. The summed E-state index contributed by atoms with van der Waals surface area (Å²) in [7, 11) is 0. The maximum Gasteiger partial charge on any atom is 0.244 e. The van der Waals surface area contributed by atoms with E-state index in [9.17, 15) is 4.79 Å². The highest BCUT2D eigenvalue weighted by atomic mass is 79.9. The first-order valence-corrected chi connectivity index (χ1v) is 6.74. The number of nitrogens with one attached hydrogen (secondary N) is 1. The van der Waals surface area contributed by atoms with Crippen LogP contribution in [-0.4, -0.2) is 11.4 Å². The summed E-state index contributed by atoms with van der Waals surface area (Å²) < 4.78 is 0.803. The van der Waals surface area contributed by atoms with Crippen LogP contribution in [-0.2, 0) is 4.79 Å². The van der Waals surface area contributed by atoms with Crippen molar-refractivity contribution in [2.75, 3.05) is 5.32 Å². The normalized spacial score (nSPS) is 18.1. The molecular formula is C12H14BrClN2O. The number of nitrogens with two attached hydrogens (primary N) is 1. The van der Waals surface area contributed by atoms with Gasteiger partial charge >= 0.3 is 0 Å². The second kappa shape index (κ2) is 4.96. The fraction of sp³-hybridized carbons (Fsp3) is 0.417. The lowest BCUT2D eigenvalue weighted by molar-refractivity contribution is -0.121. The average Bonchev–Trinajstić information content (AvgIpc) is 2.72. The largest absolute Gasteiger partial charge is 0.323 e. The Morgan fingerprint density at radius 2 is 2.06 bits per heavy atom. The smallest absolute Gasteiger partial charge is 0.244 e. The summed E-state index contributed by atoms with van der Waals surface area (Å²) in [6.07, 6.45) is 3.52. The summed E-state index contributed by atoms with van der Waals surface area (Å²) in [4.78, 5) is 12.1. The zero-order valence-electron chi connectivity index (χ0n) is 9.30. The summed E-state index contributed by atoms with van der Waals surface area (Å²) in [5, 5.41) is 3.42. The zero-order chi connectivity index (χ0) is 12.5. The van der Waals surface area contributed by atoms with Crippen molar-refractivity contribution in [2.24, 2.45) is 5.73 Å². The van der Waals surface area contributed by atoms with Gasteiger partial charge in [0.25, 0.3) is 0 Å². The Kier molecular flexibility index (Phi) is 3.76. The molecule has 92 valence electrons. The van der Waals surface area contributed by atoms with E-state index in [0.29, 0.717) is 10.7 Å². The number of hydrogen-bond acceptors (Lipinski definition) is 2. The molecular weight excluding hydrogens is 304 g/mol. The number of anilines is 1. The van der Waals surface area contributed by atoms with Crippen molar-refractivity contribution in [3.05, 3.63) is 27.7 Å². The van der Waals surface area contributed by atoms with Crippen molar-refractivity contribution in [2.45, 2.75) is 31.2 Å². The summed E-state index contributed by atoms with van der Waals surface area (Å²) in [6.45, 7) is 0. The second-order valence-corrected chi connectivity index (χ2v) is 5.73. The van der Waals surface area contributed by atoms with Gasteiger partial charge in [-0.25, -0.2) is 0 Å². The van der Waals surface area contributed by atoms with Gasteiger partial charge in [0.2, 0.25) is 5.91 Å². The highest BCUT2D eigenvalue weighted by Crippen LogP contribution is 2.31. The molecule has 1 aromatic rings. The van der Waals surface area contributed by atoms with E-state index in [1.807, 2.05) is 0 Å². The predicted octanol–water partition coefficient (Wildman–Crippen LogP) is 3.31. The van der Waals surface area contributed by atoms with Crippen molar-refractivity contribution in [1.29, 1.82) is 0 Å². The van der Waals surface area contributed by atoms with Crippen LogP contribution in [0.4, 0.5) is 5.69 Å². The molecule has 2 rings (SSSR count). The first kappa shape index (κ1) is 12.9.